The number of hydrogen-bond donors (Lipinski definition) is 3. The summed E-state index contributed by atoms with van der Waals surface area (Å²) in [7, 11) is 1.63. The molecule has 27 heavy (non-hydrogen) atoms. The number of anilines is 1. The lowest BCUT2D eigenvalue weighted by atomic mass is 9.99. The first-order valence-electron chi connectivity index (χ1n) is 8.99. The van der Waals surface area contributed by atoms with Gasteiger partial charge in [-0.25, -0.2) is 0 Å². The summed E-state index contributed by atoms with van der Waals surface area (Å²) in [4.78, 5) is 12.6. The number of piperidine rings is 1. The molecule has 1 unspecified atom stereocenters. The first-order valence-corrected chi connectivity index (χ1v) is 9.37. The van der Waals surface area contributed by atoms with Crippen LogP contribution in [0.3, 0.4) is 0 Å². The molecule has 1 aromatic heterocycles. The van der Waals surface area contributed by atoms with Gasteiger partial charge in [0.05, 0.1) is 18.5 Å². The number of methoxy groups -OCH3 is 1. The molecule has 0 aliphatic carbocycles. The van der Waals surface area contributed by atoms with Crippen LogP contribution in [0.25, 0.3) is 22.0 Å². The fourth-order valence-corrected chi connectivity index (χ4v) is 3.65. The van der Waals surface area contributed by atoms with Crippen LogP contribution < -0.4 is 15.4 Å². The lowest BCUT2D eigenvalue weighted by Crippen LogP contribution is -2.37. The molecule has 2 heterocycles. The van der Waals surface area contributed by atoms with Gasteiger partial charge in [0, 0.05) is 22.5 Å². The molecular formula is C20H21ClN4O2. The Bertz CT molecular complexity index is 979. The molecule has 1 amide bonds. The van der Waals surface area contributed by atoms with Crippen LogP contribution in [0.4, 0.5) is 5.82 Å². The molecule has 7 heteroatoms. The van der Waals surface area contributed by atoms with Crippen LogP contribution in [-0.2, 0) is 4.79 Å². The quantitative estimate of drug-likeness (QED) is 0.638. The summed E-state index contributed by atoms with van der Waals surface area (Å²) in [6.07, 6.45) is 1.91. The van der Waals surface area contributed by atoms with Gasteiger partial charge in [-0.2, -0.15) is 5.10 Å². The molecule has 1 aliphatic rings. The van der Waals surface area contributed by atoms with Gasteiger partial charge in [-0.1, -0.05) is 17.7 Å². The number of carbonyl (C=O) groups is 1. The number of fused-ring (bicyclic) bond motifs is 1. The molecule has 0 radical (unpaired) electrons. The van der Waals surface area contributed by atoms with Gasteiger partial charge in [0.2, 0.25) is 5.91 Å². The molecule has 1 fully saturated rings. The van der Waals surface area contributed by atoms with Crippen LogP contribution in [0.15, 0.2) is 36.4 Å². The van der Waals surface area contributed by atoms with Crippen molar-refractivity contribution < 1.29 is 9.53 Å². The van der Waals surface area contributed by atoms with E-state index in [9.17, 15) is 4.79 Å². The normalized spacial score (nSPS) is 17.0. The highest BCUT2D eigenvalue weighted by Gasteiger charge is 2.22. The highest BCUT2D eigenvalue weighted by atomic mass is 35.5. The smallest absolute Gasteiger partial charge is 0.229 e. The van der Waals surface area contributed by atoms with Crippen LogP contribution >= 0.6 is 11.6 Å². The number of nitrogens with one attached hydrogen (secondary N) is 3. The van der Waals surface area contributed by atoms with E-state index in [1.807, 2.05) is 36.4 Å². The van der Waals surface area contributed by atoms with Crippen molar-refractivity contribution >= 4 is 34.2 Å². The van der Waals surface area contributed by atoms with Gasteiger partial charge < -0.3 is 15.4 Å². The SMILES string of the molecule is COc1ccc(Cl)c(-c2ccc3[nH]nc(NC(=O)C4CCCNC4)c3c2)c1. The lowest BCUT2D eigenvalue weighted by molar-refractivity contribution is -0.120. The number of aromatic nitrogens is 2. The predicted molar refractivity (Wildman–Crippen MR) is 107 cm³/mol. The molecule has 1 saturated heterocycles. The average Bonchev–Trinajstić information content (AvgIpc) is 3.11. The van der Waals surface area contributed by atoms with E-state index in [-0.39, 0.29) is 11.8 Å². The van der Waals surface area contributed by atoms with Gasteiger partial charge in [-0.15, -0.1) is 0 Å². The van der Waals surface area contributed by atoms with E-state index in [2.05, 4.69) is 20.8 Å². The third kappa shape index (κ3) is 3.63. The molecule has 0 saturated carbocycles. The number of carbonyl (C=O) groups excluding carboxylic acids is 1. The third-order valence-electron chi connectivity index (χ3n) is 4.96. The summed E-state index contributed by atoms with van der Waals surface area (Å²) < 4.78 is 5.31. The molecule has 1 aliphatic heterocycles. The van der Waals surface area contributed by atoms with Crippen LogP contribution in [0.2, 0.25) is 5.02 Å². The molecule has 6 nitrogen and oxygen atoms in total. The lowest BCUT2D eigenvalue weighted by Gasteiger charge is -2.21. The molecule has 2 aromatic carbocycles. The molecule has 3 N–H and O–H groups in total. The molecule has 0 spiro atoms. The minimum Gasteiger partial charge on any atom is -0.497 e. The first-order chi connectivity index (χ1) is 13.2. The summed E-state index contributed by atoms with van der Waals surface area (Å²) in [6.45, 7) is 1.68. The fourth-order valence-electron chi connectivity index (χ4n) is 3.42. The van der Waals surface area contributed by atoms with Crippen LogP contribution in [0.1, 0.15) is 12.8 Å². The second-order valence-electron chi connectivity index (χ2n) is 6.71. The molecule has 3 aromatic rings. The zero-order chi connectivity index (χ0) is 18.8. The standard InChI is InChI=1S/C20H21ClN4O2/c1-27-14-5-6-17(21)15(10-14)12-4-7-18-16(9-12)19(25-24-18)23-20(26)13-3-2-8-22-11-13/h4-7,9-10,13,22H,2-3,8,11H2,1H3,(H2,23,24,25,26). The Balaban J connectivity index is 1.66. The van der Waals surface area contributed by atoms with E-state index in [0.29, 0.717) is 17.4 Å². The maximum Gasteiger partial charge on any atom is 0.229 e. The van der Waals surface area contributed by atoms with E-state index in [0.717, 1.165) is 47.2 Å². The van der Waals surface area contributed by atoms with E-state index in [1.165, 1.54) is 0 Å². The van der Waals surface area contributed by atoms with Crippen molar-refractivity contribution in [2.24, 2.45) is 5.92 Å². The van der Waals surface area contributed by atoms with Crippen LogP contribution in [-0.4, -0.2) is 36.3 Å². The Morgan fingerprint density at radius 2 is 2.19 bits per heavy atom. The van der Waals surface area contributed by atoms with Crippen molar-refractivity contribution in [3.05, 3.63) is 41.4 Å². The van der Waals surface area contributed by atoms with Crippen molar-refractivity contribution in [3.8, 4) is 16.9 Å². The maximum absolute atomic E-state index is 12.6. The topological polar surface area (TPSA) is 79.0 Å². The molecule has 4 rings (SSSR count). The molecule has 140 valence electrons. The van der Waals surface area contributed by atoms with Crippen molar-refractivity contribution in [1.82, 2.24) is 15.5 Å². The summed E-state index contributed by atoms with van der Waals surface area (Å²) >= 11 is 6.38. The number of nitrogens with zero attached hydrogens (tertiary/aromatic N) is 1. The summed E-state index contributed by atoms with van der Waals surface area (Å²) in [5.41, 5.74) is 2.66. The van der Waals surface area contributed by atoms with Crippen molar-refractivity contribution in [1.29, 1.82) is 0 Å². The van der Waals surface area contributed by atoms with E-state index < -0.39 is 0 Å². The number of ether oxygens (including phenoxy) is 1. The second-order valence-corrected chi connectivity index (χ2v) is 7.12. The summed E-state index contributed by atoms with van der Waals surface area (Å²) in [5.74, 6) is 1.25. The number of halogens is 1. The zero-order valence-corrected chi connectivity index (χ0v) is 15.8. The Hall–Kier alpha value is -2.57. The molecule has 0 bridgehead atoms. The number of aromatic amines is 1. The van der Waals surface area contributed by atoms with Crippen molar-refractivity contribution in [2.75, 3.05) is 25.5 Å². The fraction of sp³-hybridized carbons (Fsp3) is 0.300. The first kappa shape index (κ1) is 17.8. The van der Waals surface area contributed by atoms with Gasteiger partial charge >= 0.3 is 0 Å². The van der Waals surface area contributed by atoms with Gasteiger partial charge in [-0.3, -0.25) is 9.89 Å². The largest absolute Gasteiger partial charge is 0.497 e. The van der Waals surface area contributed by atoms with E-state index >= 15 is 0 Å². The number of rotatable bonds is 4. The number of amides is 1. The van der Waals surface area contributed by atoms with Gasteiger partial charge in [0.1, 0.15) is 5.75 Å². The van der Waals surface area contributed by atoms with E-state index in [1.54, 1.807) is 7.11 Å². The van der Waals surface area contributed by atoms with Crippen molar-refractivity contribution in [3.63, 3.8) is 0 Å². The minimum absolute atomic E-state index is 0.000385. The number of benzene rings is 2. The van der Waals surface area contributed by atoms with E-state index in [4.69, 9.17) is 16.3 Å². The minimum atomic E-state index is -0.0264. The second kappa shape index (κ2) is 7.58. The Labute approximate surface area is 162 Å². The molecular weight excluding hydrogens is 364 g/mol. The number of hydrogen-bond acceptors (Lipinski definition) is 4. The average molecular weight is 385 g/mol. The summed E-state index contributed by atoms with van der Waals surface area (Å²) in [5, 5.41) is 15.0. The highest BCUT2D eigenvalue weighted by Crippen LogP contribution is 2.34. The van der Waals surface area contributed by atoms with Crippen LogP contribution in [0.5, 0.6) is 5.75 Å². The summed E-state index contributed by atoms with van der Waals surface area (Å²) in [6, 6.07) is 11.4. The monoisotopic (exact) mass is 384 g/mol. The predicted octanol–water partition coefficient (Wildman–Crippen LogP) is 3.83. The Kier molecular flexibility index (Phi) is 5.01. The van der Waals surface area contributed by atoms with Gasteiger partial charge in [0.25, 0.3) is 0 Å². The molecule has 1 atom stereocenters. The van der Waals surface area contributed by atoms with Gasteiger partial charge in [0.15, 0.2) is 5.82 Å². The Morgan fingerprint density at radius 1 is 1.30 bits per heavy atom. The zero-order valence-electron chi connectivity index (χ0n) is 15.0. The van der Waals surface area contributed by atoms with Crippen LogP contribution in [0, 0.1) is 5.92 Å². The van der Waals surface area contributed by atoms with Crippen molar-refractivity contribution in [2.45, 2.75) is 12.8 Å². The van der Waals surface area contributed by atoms with Gasteiger partial charge in [-0.05, 0) is 55.3 Å². The Morgan fingerprint density at radius 3 is 2.96 bits per heavy atom. The number of H-pyrrole nitrogens is 1. The maximum atomic E-state index is 12.6. The highest BCUT2D eigenvalue weighted by molar-refractivity contribution is 6.33. The third-order valence-corrected chi connectivity index (χ3v) is 5.29.